The maximum absolute atomic E-state index is 12.8. The van der Waals surface area contributed by atoms with Gasteiger partial charge in [-0.1, -0.05) is 86.5 Å². The quantitative estimate of drug-likeness (QED) is 0.106. The van der Waals surface area contributed by atoms with Crippen LogP contribution in [0.2, 0.25) is 0 Å². The predicted molar refractivity (Wildman–Crippen MR) is 164 cm³/mol. The van der Waals surface area contributed by atoms with Crippen LogP contribution in [-0.2, 0) is 4.74 Å². The van der Waals surface area contributed by atoms with Crippen LogP contribution >= 0.6 is 0 Å². The monoisotopic (exact) mass is 540 g/mol. The Kier molecular flexibility index (Phi) is 7.46. The second kappa shape index (κ2) is 11.6. The number of carbonyl (C=O) groups excluding carboxylic acids is 1. The topological polar surface area (TPSA) is 59.7 Å². The van der Waals surface area contributed by atoms with E-state index in [0.29, 0.717) is 18.0 Å². The first-order chi connectivity index (χ1) is 20.1. The van der Waals surface area contributed by atoms with Gasteiger partial charge in [0, 0.05) is 22.9 Å². The van der Waals surface area contributed by atoms with Gasteiger partial charge in [-0.15, -0.1) is 5.10 Å². The van der Waals surface area contributed by atoms with E-state index in [1.165, 1.54) is 0 Å². The van der Waals surface area contributed by atoms with Crippen LogP contribution in [0.5, 0.6) is 0 Å². The van der Waals surface area contributed by atoms with Crippen LogP contribution < -0.4 is 5.01 Å². The lowest BCUT2D eigenvalue weighted by molar-refractivity contribution is 0.0498. The highest BCUT2D eigenvalue weighted by atomic mass is 16.5. The molecule has 0 bridgehead atoms. The zero-order valence-corrected chi connectivity index (χ0v) is 23.3. The third-order valence-corrected chi connectivity index (χ3v) is 7.26. The summed E-state index contributed by atoms with van der Waals surface area (Å²) in [5.74, 6) is 0.419. The van der Waals surface area contributed by atoms with E-state index in [0.717, 1.165) is 64.3 Å². The fraction of sp³-hybridized carbons (Fsp3) is 0.171. The van der Waals surface area contributed by atoms with E-state index in [9.17, 15) is 4.79 Å². The highest BCUT2D eigenvalue weighted by Gasteiger charge is 2.28. The van der Waals surface area contributed by atoms with Gasteiger partial charge in [0.25, 0.3) is 0 Å². The number of benzene rings is 4. The standard InChI is InChI=1S/C35H32N4O2/c1-3-4-13-22-41-35(40)26-20-21-31-32(24-26)29-18-11-12-19-30(29)34(31)37-39(28-16-9-6-10-17-28)33-23-25(2)38(36-33)27-14-7-5-8-15-27/h5-12,14-21,23-24H,3-4,13,22H2,1-2H3/b37-34-. The van der Waals surface area contributed by atoms with Gasteiger partial charge in [0.1, 0.15) is 0 Å². The van der Waals surface area contributed by atoms with Gasteiger partial charge in [-0.05, 0) is 60.9 Å². The minimum Gasteiger partial charge on any atom is -0.462 e. The number of hydrogen-bond donors (Lipinski definition) is 0. The number of carbonyl (C=O) groups is 1. The molecule has 0 saturated heterocycles. The van der Waals surface area contributed by atoms with E-state index in [4.69, 9.17) is 14.9 Å². The summed E-state index contributed by atoms with van der Waals surface area (Å²) in [6.07, 6.45) is 3.01. The van der Waals surface area contributed by atoms with E-state index < -0.39 is 0 Å². The molecule has 0 aliphatic heterocycles. The first kappa shape index (κ1) is 26.3. The van der Waals surface area contributed by atoms with Crippen molar-refractivity contribution in [1.82, 2.24) is 9.78 Å². The molecule has 1 aliphatic carbocycles. The van der Waals surface area contributed by atoms with E-state index in [2.05, 4.69) is 19.1 Å². The second-order valence-electron chi connectivity index (χ2n) is 10.1. The number of hydrazone groups is 1. The molecule has 0 amide bonds. The van der Waals surface area contributed by atoms with Gasteiger partial charge in [-0.2, -0.15) is 5.10 Å². The van der Waals surface area contributed by atoms with Crippen LogP contribution in [0.25, 0.3) is 16.8 Å². The SMILES string of the molecule is CCCCCOC(=O)c1ccc2c(c1)-c1ccccc1/C2=N/N(c1ccccc1)c1cc(C)n(-c2ccccc2)n1. The average Bonchev–Trinajstić information content (AvgIpc) is 3.56. The molecule has 0 unspecified atom stereocenters. The largest absolute Gasteiger partial charge is 0.462 e. The molecule has 1 aliphatic rings. The Morgan fingerprint density at radius 3 is 2.24 bits per heavy atom. The number of anilines is 2. The van der Waals surface area contributed by atoms with Crippen LogP contribution in [0.3, 0.4) is 0 Å². The van der Waals surface area contributed by atoms with Gasteiger partial charge in [0.05, 0.1) is 29.3 Å². The molecule has 41 heavy (non-hydrogen) atoms. The number of fused-ring (bicyclic) bond motifs is 3. The molecule has 1 heterocycles. The summed E-state index contributed by atoms with van der Waals surface area (Å²) < 4.78 is 7.48. The normalized spacial score (nSPS) is 12.7. The lowest BCUT2D eigenvalue weighted by atomic mass is 10.0. The number of rotatable bonds is 9. The Labute approximate surface area is 240 Å². The molecule has 0 spiro atoms. The minimum atomic E-state index is -0.292. The molecular weight excluding hydrogens is 508 g/mol. The van der Waals surface area contributed by atoms with E-state index >= 15 is 0 Å². The maximum atomic E-state index is 12.8. The van der Waals surface area contributed by atoms with Gasteiger partial charge < -0.3 is 4.74 Å². The van der Waals surface area contributed by atoms with Crippen LogP contribution in [0, 0.1) is 6.92 Å². The molecule has 6 rings (SSSR count). The Morgan fingerprint density at radius 1 is 0.805 bits per heavy atom. The van der Waals surface area contributed by atoms with E-state index in [1.807, 2.05) is 114 Å². The smallest absolute Gasteiger partial charge is 0.338 e. The summed E-state index contributed by atoms with van der Waals surface area (Å²) in [7, 11) is 0. The molecule has 0 atom stereocenters. The van der Waals surface area contributed by atoms with Crippen molar-refractivity contribution in [2.24, 2.45) is 5.10 Å². The average molecular weight is 541 g/mol. The molecule has 1 aromatic heterocycles. The third kappa shape index (κ3) is 5.29. The molecule has 4 aromatic carbocycles. The Bertz CT molecular complexity index is 1710. The molecule has 6 nitrogen and oxygen atoms in total. The number of nitrogens with zero attached hydrogens (tertiary/aromatic N) is 4. The van der Waals surface area contributed by atoms with E-state index in [-0.39, 0.29) is 5.97 Å². The number of para-hydroxylation sites is 2. The number of esters is 1. The number of hydrogen-bond acceptors (Lipinski definition) is 5. The highest BCUT2D eigenvalue weighted by Crippen LogP contribution is 2.39. The Morgan fingerprint density at radius 2 is 1.49 bits per heavy atom. The van der Waals surface area contributed by atoms with Gasteiger partial charge in [0.15, 0.2) is 5.82 Å². The van der Waals surface area contributed by atoms with Crippen LogP contribution in [-0.4, -0.2) is 28.1 Å². The summed E-state index contributed by atoms with van der Waals surface area (Å²) in [6, 6.07) is 36.1. The highest BCUT2D eigenvalue weighted by molar-refractivity contribution is 6.25. The summed E-state index contributed by atoms with van der Waals surface area (Å²) in [5, 5.41) is 12.1. The number of aromatic nitrogens is 2. The number of ether oxygens (including phenoxy) is 1. The fourth-order valence-corrected chi connectivity index (χ4v) is 5.18. The molecule has 204 valence electrons. The van der Waals surface area contributed by atoms with Gasteiger partial charge in [-0.3, -0.25) is 0 Å². The number of aryl methyl sites for hydroxylation is 1. The minimum absolute atomic E-state index is 0.292. The van der Waals surface area contributed by atoms with Crippen molar-refractivity contribution >= 4 is 23.2 Å². The summed E-state index contributed by atoms with van der Waals surface area (Å²) in [5.41, 5.74) is 8.26. The molecule has 0 saturated carbocycles. The van der Waals surface area contributed by atoms with Crippen molar-refractivity contribution in [1.29, 1.82) is 0 Å². The number of unbranched alkanes of at least 4 members (excludes halogenated alkanes) is 2. The molecule has 0 N–H and O–H groups in total. The second-order valence-corrected chi connectivity index (χ2v) is 10.1. The lowest BCUT2D eigenvalue weighted by Crippen LogP contribution is -2.15. The van der Waals surface area contributed by atoms with Crippen LogP contribution in [0.1, 0.15) is 53.4 Å². The third-order valence-electron chi connectivity index (χ3n) is 7.26. The van der Waals surface area contributed by atoms with Crippen molar-refractivity contribution in [3.8, 4) is 16.8 Å². The first-order valence-corrected chi connectivity index (χ1v) is 14.1. The predicted octanol–water partition coefficient (Wildman–Crippen LogP) is 8.10. The van der Waals surface area contributed by atoms with Gasteiger partial charge >= 0.3 is 5.97 Å². The molecule has 6 heteroatoms. The van der Waals surface area contributed by atoms with Crippen molar-refractivity contribution in [2.75, 3.05) is 11.6 Å². The summed E-state index contributed by atoms with van der Waals surface area (Å²) in [6.45, 7) is 4.62. The van der Waals surface area contributed by atoms with Crippen LogP contribution in [0.15, 0.2) is 114 Å². The Hall–Kier alpha value is -4.97. The zero-order valence-electron chi connectivity index (χ0n) is 23.3. The molecule has 5 aromatic rings. The first-order valence-electron chi connectivity index (χ1n) is 14.1. The van der Waals surface area contributed by atoms with Crippen molar-refractivity contribution < 1.29 is 9.53 Å². The Balaban J connectivity index is 1.43. The van der Waals surface area contributed by atoms with E-state index in [1.54, 1.807) is 0 Å². The van der Waals surface area contributed by atoms with Crippen molar-refractivity contribution in [3.05, 3.63) is 132 Å². The van der Waals surface area contributed by atoms with Gasteiger partial charge in [0.2, 0.25) is 0 Å². The summed E-state index contributed by atoms with van der Waals surface area (Å²) >= 11 is 0. The maximum Gasteiger partial charge on any atom is 0.338 e. The van der Waals surface area contributed by atoms with Crippen LogP contribution in [0.4, 0.5) is 11.5 Å². The van der Waals surface area contributed by atoms with Crippen molar-refractivity contribution in [2.45, 2.75) is 33.1 Å². The summed E-state index contributed by atoms with van der Waals surface area (Å²) in [4.78, 5) is 12.8. The fourth-order valence-electron chi connectivity index (χ4n) is 5.18. The lowest BCUT2D eigenvalue weighted by Gasteiger charge is -2.18. The molecular formula is C35H32N4O2. The van der Waals surface area contributed by atoms with Crippen molar-refractivity contribution in [3.63, 3.8) is 0 Å². The molecule has 0 radical (unpaired) electrons. The molecule has 0 fully saturated rings. The zero-order chi connectivity index (χ0) is 28.2. The van der Waals surface area contributed by atoms with Gasteiger partial charge in [-0.25, -0.2) is 14.5 Å².